The second kappa shape index (κ2) is 6.51. The van der Waals surface area contributed by atoms with Gasteiger partial charge in [0.2, 0.25) is 5.95 Å². The van der Waals surface area contributed by atoms with Gasteiger partial charge in [-0.05, 0) is 19.8 Å². The number of hydrogen-bond acceptors (Lipinski definition) is 6. The van der Waals surface area contributed by atoms with E-state index in [0.717, 1.165) is 18.1 Å². The third-order valence-electron chi connectivity index (χ3n) is 3.05. The monoisotopic (exact) mass is 251 g/mol. The van der Waals surface area contributed by atoms with E-state index in [1.165, 1.54) is 25.7 Å². The molecule has 0 unspecified atom stereocenters. The number of anilines is 2. The Labute approximate surface area is 107 Å². The van der Waals surface area contributed by atoms with Crippen LogP contribution < -0.4 is 16.6 Å². The Hall–Kier alpha value is -1.40. The van der Waals surface area contributed by atoms with Gasteiger partial charge in [-0.15, -0.1) is 0 Å². The van der Waals surface area contributed by atoms with Gasteiger partial charge < -0.3 is 10.1 Å². The molecule has 1 heterocycles. The highest BCUT2D eigenvalue weighted by Crippen LogP contribution is 2.20. The first-order valence-electron chi connectivity index (χ1n) is 6.45. The average molecular weight is 251 g/mol. The number of rotatable bonds is 6. The molecule has 0 aliphatic heterocycles. The van der Waals surface area contributed by atoms with Crippen molar-refractivity contribution in [3.8, 4) is 0 Å². The molecule has 1 aliphatic rings. The molecule has 0 aromatic carbocycles. The third-order valence-corrected chi connectivity index (χ3v) is 3.05. The van der Waals surface area contributed by atoms with Gasteiger partial charge in [0.05, 0.1) is 12.7 Å². The maximum Gasteiger partial charge on any atom is 0.239 e. The highest BCUT2D eigenvalue weighted by atomic mass is 16.5. The van der Waals surface area contributed by atoms with Crippen LogP contribution in [0.15, 0.2) is 6.07 Å². The van der Waals surface area contributed by atoms with Gasteiger partial charge in [-0.2, -0.15) is 4.98 Å². The zero-order chi connectivity index (χ0) is 12.8. The fraction of sp³-hybridized carbons (Fsp3) is 0.667. The van der Waals surface area contributed by atoms with E-state index < -0.39 is 0 Å². The largest absolute Gasteiger partial charge is 0.376 e. The Morgan fingerprint density at radius 1 is 1.39 bits per heavy atom. The summed E-state index contributed by atoms with van der Waals surface area (Å²) in [5, 5.41) is 3.21. The van der Waals surface area contributed by atoms with E-state index in [9.17, 15) is 0 Å². The lowest BCUT2D eigenvalue weighted by molar-refractivity contribution is 0.0658. The number of nitrogen functional groups attached to an aromatic ring is 1. The smallest absolute Gasteiger partial charge is 0.239 e. The Morgan fingerprint density at radius 3 is 2.89 bits per heavy atom. The van der Waals surface area contributed by atoms with Crippen molar-refractivity contribution in [1.29, 1.82) is 0 Å². The van der Waals surface area contributed by atoms with Crippen LogP contribution in [-0.4, -0.2) is 29.2 Å². The molecule has 1 fully saturated rings. The number of nitrogens with zero attached hydrogens (tertiary/aromatic N) is 2. The Balaban J connectivity index is 1.73. The zero-order valence-electron chi connectivity index (χ0n) is 10.8. The fourth-order valence-electron chi connectivity index (χ4n) is 2.18. The number of aromatic nitrogens is 2. The molecule has 0 saturated heterocycles. The van der Waals surface area contributed by atoms with Gasteiger partial charge in [0.25, 0.3) is 0 Å². The van der Waals surface area contributed by atoms with Crippen LogP contribution in [0.3, 0.4) is 0 Å². The van der Waals surface area contributed by atoms with E-state index in [0.29, 0.717) is 18.7 Å². The van der Waals surface area contributed by atoms with Crippen LogP contribution in [0.4, 0.5) is 11.8 Å². The minimum atomic E-state index is 0.425. The van der Waals surface area contributed by atoms with Gasteiger partial charge >= 0.3 is 0 Å². The van der Waals surface area contributed by atoms with Crippen molar-refractivity contribution < 1.29 is 4.74 Å². The Kier molecular flexibility index (Phi) is 4.72. The summed E-state index contributed by atoms with van der Waals surface area (Å²) in [6.07, 6.45) is 5.46. The first kappa shape index (κ1) is 13.0. The third kappa shape index (κ3) is 3.82. The van der Waals surface area contributed by atoms with Crippen LogP contribution in [0.1, 0.15) is 31.4 Å². The minimum Gasteiger partial charge on any atom is -0.376 e. The molecule has 1 aromatic rings. The van der Waals surface area contributed by atoms with Gasteiger partial charge in [-0.3, -0.25) is 5.43 Å². The predicted octanol–water partition coefficient (Wildman–Crippen LogP) is 1.44. The van der Waals surface area contributed by atoms with E-state index in [2.05, 4.69) is 20.7 Å². The van der Waals surface area contributed by atoms with E-state index in [-0.39, 0.29) is 0 Å². The molecule has 100 valence electrons. The Bertz CT molecular complexity index is 379. The summed E-state index contributed by atoms with van der Waals surface area (Å²) in [5.74, 6) is 6.49. The van der Waals surface area contributed by atoms with Gasteiger partial charge in [-0.1, -0.05) is 12.8 Å². The van der Waals surface area contributed by atoms with Crippen LogP contribution in [0.2, 0.25) is 0 Å². The summed E-state index contributed by atoms with van der Waals surface area (Å²) in [4.78, 5) is 8.33. The highest BCUT2D eigenvalue weighted by molar-refractivity contribution is 5.41. The number of aryl methyl sites for hydroxylation is 1. The molecular formula is C12H21N5O. The summed E-state index contributed by atoms with van der Waals surface area (Å²) < 4.78 is 5.77. The first-order valence-corrected chi connectivity index (χ1v) is 6.45. The van der Waals surface area contributed by atoms with Crippen LogP contribution >= 0.6 is 0 Å². The highest BCUT2D eigenvalue weighted by Gasteiger charge is 2.14. The molecule has 0 bridgehead atoms. The second-order valence-corrected chi connectivity index (χ2v) is 4.57. The lowest BCUT2D eigenvalue weighted by atomic mass is 10.3. The summed E-state index contributed by atoms with van der Waals surface area (Å²) >= 11 is 0. The van der Waals surface area contributed by atoms with Gasteiger partial charge in [0.1, 0.15) is 5.82 Å². The minimum absolute atomic E-state index is 0.425. The lowest BCUT2D eigenvalue weighted by Gasteiger charge is -2.12. The molecule has 1 saturated carbocycles. The van der Waals surface area contributed by atoms with E-state index in [4.69, 9.17) is 10.6 Å². The molecule has 18 heavy (non-hydrogen) atoms. The van der Waals surface area contributed by atoms with Gasteiger partial charge in [0, 0.05) is 18.3 Å². The molecule has 0 spiro atoms. The quantitative estimate of drug-likeness (QED) is 0.403. The average Bonchev–Trinajstić information content (AvgIpc) is 2.87. The van der Waals surface area contributed by atoms with E-state index >= 15 is 0 Å². The second-order valence-electron chi connectivity index (χ2n) is 4.57. The first-order chi connectivity index (χ1) is 8.78. The maximum atomic E-state index is 5.77. The van der Waals surface area contributed by atoms with Crippen molar-refractivity contribution in [3.63, 3.8) is 0 Å². The predicted molar refractivity (Wildman–Crippen MR) is 71.3 cm³/mol. The van der Waals surface area contributed by atoms with Crippen molar-refractivity contribution in [2.24, 2.45) is 5.84 Å². The number of nitrogens with one attached hydrogen (secondary N) is 2. The van der Waals surface area contributed by atoms with Crippen molar-refractivity contribution in [1.82, 2.24) is 9.97 Å². The molecule has 0 atom stereocenters. The van der Waals surface area contributed by atoms with Crippen molar-refractivity contribution in [2.45, 2.75) is 38.7 Å². The Morgan fingerprint density at radius 2 is 2.17 bits per heavy atom. The molecule has 6 heteroatoms. The molecule has 4 N–H and O–H groups in total. The van der Waals surface area contributed by atoms with Crippen molar-refractivity contribution in [3.05, 3.63) is 11.8 Å². The standard InChI is InChI=1S/C12H21N5O/c1-9-8-11(16-12(15-9)17-13)14-6-7-18-10-4-2-3-5-10/h8,10H,2-7,13H2,1H3,(H2,14,15,16,17). The van der Waals surface area contributed by atoms with Crippen LogP contribution in [0.5, 0.6) is 0 Å². The summed E-state index contributed by atoms with van der Waals surface area (Å²) in [6, 6.07) is 1.89. The number of ether oxygens (including phenoxy) is 1. The van der Waals surface area contributed by atoms with Crippen molar-refractivity contribution in [2.75, 3.05) is 23.9 Å². The number of hydrogen-bond donors (Lipinski definition) is 3. The van der Waals surface area contributed by atoms with E-state index in [1.807, 2.05) is 13.0 Å². The molecule has 2 rings (SSSR count). The molecule has 0 radical (unpaired) electrons. The van der Waals surface area contributed by atoms with Crippen LogP contribution in [-0.2, 0) is 4.74 Å². The van der Waals surface area contributed by atoms with Gasteiger partial charge in [-0.25, -0.2) is 10.8 Å². The zero-order valence-corrected chi connectivity index (χ0v) is 10.8. The fourth-order valence-corrected chi connectivity index (χ4v) is 2.18. The summed E-state index contributed by atoms with van der Waals surface area (Å²) in [6.45, 7) is 3.36. The molecule has 1 aromatic heterocycles. The summed E-state index contributed by atoms with van der Waals surface area (Å²) in [7, 11) is 0. The maximum absolute atomic E-state index is 5.77. The molecule has 0 amide bonds. The van der Waals surface area contributed by atoms with Crippen LogP contribution in [0, 0.1) is 6.92 Å². The topological polar surface area (TPSA) is 85.1 Å². The molecule has 1 aliphatic carbocycles. The number of hydrazine groups is 1. The SMILES string of the molecule is Cc1cc(NCCOC2CCCC2)nc(NN)n1. The van der Waals surface area contributed by atoms with E-state index in [1.54, 1.807) is 0 Å². The molecule has 6 nitrogen and oxygen atoms in total. The normalized spacial score (nSPS) is 15.9. The molecular weight excluding hydrogens is 230 g/mol. The summed E-state index contributed by atoms with van der Waals surface area (Å²) in [5.41, 5.74) is 3.32. The van der Waals surface area contributed by atoms with Crippen LogP contribution in [0.25, 0.3) is 0 Å². The number of nitrogens with two attached hydrogens (primary N) is 1. The van der Waals surface area contributed by atoms with Gasteiger partial charge in [0.15, 0.2) is 0 Å². The van der Waals surface area contributed by atoms with Crippen molar-refractivity contribution >= 4 is 11.8 Å². The lowest BCUT2D eigenvalue weighted by Crippen LogP contribution is -2.17.